The molecule has 0 radical (unpaired) electrons. The van der Waals surface area contributed by atoms with Crippen LogP contribution in [0.3, 0.4) is 0 Å². The molecule has 6 nitrogen and oxygen atoms in total. The van der Waals surface area contributed by atoms with Crippen molar-refractivity contribution in [2.24, 2.45) is 5.92 Å². The Kier molecular flexibility index (Phi) is 6.55. The molecule has 3 rings (SSSR count). The highest BCUT2D eigenvalue weighted by molar-refractivity contribution is 8.00. The molecule has 1 aliphatic carbocycles. The van der Waals surface area contributed by atoms with E-state index in [4.69, 9.17) is 4.74 Å². The van der Waals surface area contributed by atoms with Crippen molar-refractivity contribution in [3.05, 3.63) is 30.6 Å². The van der Waals surface area contributed by atoms with Crippen LogP contribution in [0.25, 0.3) is 5.69 Å². The van der Waals surface area contributed by atoms with Gasteiger partial charge in [0.15, 0.2) is 5.16 Å². The number of ether oxygens (including phenoxy) is 1. The largest absolute Gasteiger partial charge is 0.495 e. The molecule has 0 bridgehead atoms. The molecule has 1 N–H and O–H groups in total. The van der Waals surface area contributed by atoms with Crippen molar-refractivity contribution in [2.75, 3.05) is 13.7 Å². The molecule has 1 heterocycles. The first-order valence-corrected chi connectivity index (χ1v) is 10.0. The van der Waals surface area contributed by atoms with Gasteiger partial charge in [0.1, 0.15) is 12.1 Å². The Labute approximate surface area is 158 Å². The molecule has 1 saturated carbocycles. The topological polar surface area (TPSA) is 69.0 Å². The first kappa shape index (κ1) is 18.8. The summed E-state index contributed by atoms with van der Waals surface area (Å²) >= 11 is 1.41. The van der Waals surface area contributed by atoms with Gasteiger partial charge in [0.05, 0.1) is 18.0 Å². The van der Waals surface area contributed by atoms with Gasteiger partial charge in [-0.05, 0) is 37.8 Å². The SMILES string of the molecule is COc1ccccc1-n1cnnc1SC(C)C(=O)NCC1CCCCC1. The van der Waals surface area contributed by atoms with Crippen molar-refractivity contribution in [3.63, 3.8) is 0 Å². The third-order valence-corrected chi connectivity index (χ3v) is 5.86. The van der Waals surface area contributed by atoms with Crippen LogP contribution in [0.4, 0.5) is 0 Å². The molecular formula is C19H26N4O2S. The first-order valence-electron chi connectivity index (χ1n) is 9.17. The number of carbonyl (C=O) groups excluding carboxylic acids is 1. The Morgan fingerprint density at radius 1 is 1.35 bits per heavy atom. The van der Waals surface area contributed by atoms with Crippen LogP contribution in [0.15, 0.2) is 35.7 Å². The molecule has 1 fully saturated rings. The van der Waals surface area contributed by atoms with E-state index < -0.39 is 0 Å². The van der Waals surface area contributed by atoms with E-state index in [2.05, 4.69) is 15.5 Å². The van der Waals surface area contributed by atoms with E-state index >= 15 is 0 Å². The van der Waals surface area contributed by atoms with E-state index in [0.717, 1.165) is 18.0 Å². The number of thioether (sulfide) groups is 1. The Morgan fingerprint density at radius 2 is 2.12 bits per heavy atom. The van der Waals surface area contributed by atoms with Crippen LogP contribution in [0.5, 0.6) is 5.75 Å². The molecule has 1 aliphatic rings. The fraction of sp³-hybridized carbons (Fsp3) is 0.526. The average molecular weight is 375 g/mol. The molecule has 1 unspecified atom stereocenters. The summed E-state index contributed by atoms with van der Waals surface area (Å²) in [5, 5.41) is 11.7. The third-order valence-electron chi connectivity index (χ3n) is 4.80. The normalized spacial score (nSPS) is 16.2. The lowest BCUT2D eigenvalue weighted by Crippen LogP contribution is -2.35. The highest BCUT2D eigenvalue weighted by atomic mass is 32.2. The van der Waals surface area contributed by atoms with E-state index in [-0.39, 0.29) is 11.2 Å². The predicted molar refractivity (Wildman–Crippen MR) is 103 cm³/mol. The Balaban J connectivity index is 1.62. The van der Waals surface area contributed by atoms with Crippen LogP contribution in [-0.4, -0.2) is 39.6 Å². The van der Waals surface area contributed by atoms with Gasteiger partial charge in [0.25, 0.3) is 0 Å². The van der Waals surface area contributed by atoms with E-state index in [9.17, 15) is 4.79 Å². The molecule has 1 amide bonds. The molecule has 0 spiro atoms. The van der Waals surface area contributed by atoms with Gasteiger partial charge in [-0.2, -0.15) is 0 Å². The summed E-state index contributed by atoms with van der Waals surface area (Å²) < 4.78 is 7.27. The number of hydrogen-bond donors (Lipinski definition) is 1. The lowest BCUT2D eigenvalue weighted by Gasteiger charge is -2.22. The predicted octanol–water partition coefficient (Wildman–Crippen LogP) is 3.45. The van der Waals surface area contributed by atoms with E-state index in [1.807, 2.05) is 35.8 Å². The zero-order valence-corrected chi connectivity index (χ0v) is 16.2. The quantitative estimate of drug-likeness (QED) is 0.752. The second-order valence-corrected chi connectivity index (χ2v) is 7.97. The van der Waals surface area contributed by atoms with Crippen LogP contribution < -0.4 is 10.1 Å². The molecule has 1 aromatic carbocycles. The number of benzene rings is 1. The number of methoxy groups -OCH3 is 1. The molecule has 0 aliphatic heterocycles. The number of nitrogens with one attached hydrogen (secondary N) is 1. The second-order valence-electron chi connectivity index (χ2n) is 6.66. The Hall–Kier alpha value is -2.02. The minimum absolute atomic E-state index is 0.0511. The average Bonchev–Trinajstić information content (AvgIpc) is 3.14. The molecule has 1 aromatic heterocycles. The summed E-state index contributed by atoms with van der Waals surface area (Å²) in [7, 11) is 1.64. The maximum atomic E-state index is 12.5. The van der Waals surface area contributed by atoms with Gasteiger partial charge in [-0.3, -0.25) is 9.36 Å². The van der Waals surface area contributed by atoms with Crippen molar-refractivity contribution in [1.29, 1.82) is 0 Å². The molecule has 1 atom stereocenters. The fourth-order valence-corrected chi connectivity index (χ4v) is 4.15. The Morgan fingerprint density at radius 3 is 2.88 bits per heavy atom. The van der Waals surface area contributed by atoms with Gasteiger partial charge in [0, 0.05) is 6.54 Å². The molecule has 2 aromatic rings. The summed E-state index contributed by atoms with van der Waals surface area (Å²) in [6.07, 6.45) is 8.00. The highest BCUT2D eigenvalue weighted by Gasteiger charge is 2.21. The maximum Gasteiger partial charge on any atom is 0.233 e. The van der Waals surface area contributed by atoms with Gasteiger partial charge in [0.2, 0.25) is 5.91 Å². The summed E-state index contributed by atoms with van der Waals surface area (Å²) in [6.45, 7) is 2.69. The smallest absolute Gasteiger partial charge is 0.233 e. The van der Waals surface area contributed by atoms with Crippen molar-refractivity contribution >= 4 is 17.7 Å². The van der Waals surface area contributed by atoms with Crippen molar-refractivity contribution in [3.8, 4) is 11.4 Å². The number of hydrogen-bond acceptors (Lipinski definition) is 5. The summed E-state index contributed by atoms with van der Waals surface area (Å²) in [6, 6.07) is 7.69. The molecular weight excluding hydrogens is 348 g/mol. The lowest BCUT2D eigenvalue weighted by atomic mass is 9.89. The fourth-order valence-electron chi connectivity index (χ4n) is 3.29. The molecule has 7 heteroatoms. The van der Waals surface area contributed by atoms with Crippen molar-refractivity contribution < 1.29 is 9.53 Å². The third kappa shape index (κ3) is 4.58. The van der Waals surface area contributed by atoms with Gasteiger partial charge in [-0.1, -0.05) is 43.2 Å². The van der Waals surface area contributed by atoms with Gasteiger partial charge >= 0.3 is 0 Å². The summed E-state index contributed by atoms with van der Waals surface area (Å²) in [5.41, 5.74) is 0.859. The van der Waals surface area contributed by atoms with Crippen LogP contribution >= 0.6 is 11.8 Å². The number of aromatic nitrogens is 3. The standard InChI is InChI=1S/C19H26N4O2S/c1-14(18(24)20-12-15-8-4-3-5-9-15)26-19-22-21-13-23(19)16-10-6-7-11-17(16)25-2/h6-7,10-11,13-15H,3-5,8-9,12H2,1-2H3,(H,20,24). The molecule has 26 heavy (non-hydrogen) atoms. The second kappa shape index (κ2) is 9.07. The number of amides is 1. The monoisotopic (exact) mass is 374 g/mol. The molecule has 0 saturated heterocycles. The van der Waals surface area contributed by atoms with Crippen LogP contribution in [0.2, 0.25) is 0 Å². The van der Waals surface area contributed by atoms with Crippen molar-refractivity contribution in [1.82, 2.24) is 20.1 Å². The number of nitrogens with zero attached hydrogens (tertiary/aromatic N) is 3. The minimum Gasteiger partial charge on any atom is -0.495 e. The Bertz CT molecular complexity index is 728. The van der Waals surface area contributed by atoms with Crippen molar-refractivity contribution in [2.45, 2.75) is 49.4 Å². The maximum absolute atomic E-state index is 12.5. The van der Waals surface area contributed by atoms with Gasteiger partial charge in [-0.25, -0.2) is 0 Å². The first-order chi connectivity index (χ1) is 12.7. The van der Waals surface area contributed by atoms with Crippen LogP contribution in [0, 0.1) is 5.92 Å². The zero-order chi connectivity index (χ0) is 18.4. The summed E-state index contributed by atoms with van der Waals surface area (Å²) in [5.74, 6) is 1.42. The van der Waals surface area contributed by atoms with E-state index in [0.29, 0.717) is 11.1 Å². The van der Waals surface area contributed by atoms with E-state index in [1.165, 1.54) is 43.9 Å². The number of carbonyl (C=O) groups is 1. The van der Waals surface area contributed by atoms with Gasteiger partial charge in [-0.15, -0.1) is 10.2 Å². The van der Waals surface area contributed by atoms with E-state index in [1.54, 1.807) is 13.4 Å². The highest BCUT2D eigenvalue weighted by Crippen LogP contribution is 2.29. The van der Waals surface area contributed by atoms with Gasteiger partial charge < -0.3 is 10.1 Å². The molecule has 140 valence electrons. The van der Waals surface area contributed by atoms with Crippen LogP contribution in [0.1, 0.15) is 39.0 Å². The number of rotatable bonds is 7. The summed E-state index contributed by atoms with van der Waals surface area (Å²) in [4.78, 5) is 12.5. The van der Waals surface area contributed by atoms with Crippen LogP contribution in [-0.2, 0) is 4.79 Å². The number of para-hydroxylation sites is 2. The minimum atomic E-state index is -0.240. The zero-order valence-electron chi connectivity index (χ0n) is 15.4. The lowest BCUT2D eigenvalue weighted by molar-refractivity contribution is -0.120.